The van der Waals surface area contributed by atoms with E-state index in [0.717, 1.165) is 20.1 Å². The molecule has 0 saturated heterocycles. The molecule has 0 saturated carbocycles. The Kier molecular flexibility index (Phi) is 5.01. The number of hydrogen-bond donors (Lipinski definition) is 1. The molecule has 2 rings (SSSR count). The van der Waals surface area contributed by atoms with Crippen LogP contribution in [-0.4, -0.2) is 7.05 Å². The second kappa shape index (κ2) is 6.35. The summed E-state index contributed by atoms with van der Waals surface area (Å²) in [5.74, 6) is -0.412. The smallest absolute Gasteiger partial charge is 0.142 e. The molecular formula is C14H11Br2ClFN. The highest BCUT2D eigenvalue weighted by molar-refractivity contribution is 9.11. The molecule has 1 unspecified atom stereocenters. The zero-order chi connectivity index (χ0) is 14.0. The lowest BCUT2D eigenvalue weighted by molar-refractivity contribution is 0.617. The van der Waals surface area contributed by atoms with Gasteiger partial charge in [0.05, 0.1) is 11.1 Å². The Morgan fingerprint density at radius 1 is 1.16 bits per heavy atom. The van der Waals surface area contributed by atoms with Gasteiger partial charge in [-0.2, -0.15) is 0 Å². The van der Waals surface area contributed by atoms with Crippen LogP contribution in [0.3, 0.4) is 0 Å². The summed E-state index contributed by atoms with van der Waals surface area (Å²) < 4.78 is 15.5. The zero-order valence-electron chi connectivity index (χ0n) is 10.1. The van der Waals surface area contributed by atoms with E-state index < -0.39 is 5.82 Å². The largest absolute Gasteiger partial charge is 0.309 e. The Morgan fingerprint density at radius 3 is 2.53 bits per heavy atom. The van der Waals surface area contributed by atoms with Crippen molar-refractivity contribution >= 4 is 43.5 Å². The van der Waals surface area contributed by atoms with E-state index in [1.165, 1.54) is 6.07 Å². The van der Waals surface area contributed by atoms with Gasteiger partial charge in [0.25, 0.3) is 0 Å². The maximum absolute atomic E-state index is 13.6. The SMILES string of the molecule is CNC(c1ccc(Cl)c(F)c1)c1cc(Br)ccc1Br. The normalized spacial score (nSPS) is 12.5. The lowest BCUT2D eigenvalue weighted by atomic mass is 9.99. The molecule has 19 heavy (non-hydrogen) atoms. The van der Waals surface area contributed by atoms with Crippen LogP contribution in [0, 0.1) is 5.82 Å². The summed E-state index contributed by atoms with van der Waals surface area (Å²) in [7, 11) is 1.84. The summed E-state index contributed by atoms with van der Waals surface area (Å²) in [6, 6.07) is 10.6. The van der Waals surface area contributed by atoms with Gasteiger partial charge in [0.2, 0.25) is 0 Å². The molecule has 0 aliphatic carbocycles. The van der Waals surface area contributed by atoms with E-state index in [-0.39, 0.29) is 11.1 Å². The van der Waals surface area contributed by atoms with Crippen LogP contribution in [0.25, 0.3) is 0 Å². The second-order valence-electron chi connectivity index (χ2n) is 4.06. The molecule has 0 aromatic heterocycles. The van der Waals surface area contributed by atoms with E-state index in [2.05, 4.69) is 37.2 Å². The average molecular weight is 408 g/mol. The molecule has 0 aliphatic heterocycles. The van der Waals surface area contributed by atoms with Crippen LogP contribution in [0.15, 0.2) is 45.3 Å². The van der Waals surface area contributed by atoms with E-state index >= 15 is 0 Å². The number of nitrogens with one attached hydrogen (secondary N) is 1. The highest BCUT2D eigenvalue weighted by Crippen LogP contribution is 2.32. The van der Waals surface area contributed by atoms with Gasteiger partial charge in [0, 0.05) is 8.95 Å². The van der Waals surface area contributed by atoms with Crippen molar-refractivity contribution in [2.45, 2.75) is 6.04 Å². The topological polar surface area (TPSA) is 12.0 Å². The summed E-state index contributed by atoms with van der Waals surface area (Å²) >= 11 is 12.7. The Morgan fingerprint density at radius 2 is 1.89 bits per heavy atom. The molecule has 2 aromatic carbocycles. The van der Waals surface area contributed by atoms with E-state index in [4.69, 9.17) is 11.6 Å². The third kappa shape index (κ3) is 3.37. The fourth-order valence-corrected chi connectivity index (χ4v) is 2.90. The van der Waals surface area contributed by atoms with Crippen molar-refractivity contribution in [3.8, 4) is 0 Å². The van der Waals surface area contributed by atoms with Crippen molar-refractivity contribution in [3.63, 3.8) is 0 Å². The standard InChI is InChI=1S/C14H11Br2ClFN/c1-19-14(8-2-5-12(17)13(18)6-8)10-7-9(15)3-4-11(10)16/h2-7,14,19H,1H3. The van der Waals surface area contributed by atoms with E-state index in [0.29, 0.717) is 0 Å². The maximum atomic E-state index is 13.6. The molecule has 100 valence electrons. The van der Waals surface area contributed by atoms with Crippen molar-refractivity contribution in [3.05, 3.63) is 67.3 Å². The molecule has 5 heteroatoms. The molecule has 0 amide bonds. The molecule has 0 bridgehead atoms. The van der Waals surface area contributed by atoms with Crippen molar-refractivity contribution in [2.75, 3.05) is 7.05 Å². The number of rotatable bonds is 3. The molecule has 2 aromatic rings. The van der Waals surface area contributed by atoms with Crippen LogP contribution in [-0.2, 0) is 0 Å². The first-order valence-corrected chi connectivity index (χ1v) is 7.56. The van der Waals surface area contributed by atoms with Gasteiger partial charge in [-0.25, -0.2) is 4.39 Å². The third-order valence-corrected chi connectivity index (χ3v) is 4.36. The zero-order valence-corrected chi connectivity index (χ0v) is 14.0. The summed E-state index contributed by atoms with van der Waals surface area (Å²) in [6.07, 6.45) is 0. The first-order chi connectivity index (χ1) is 9.02. The van der Waals surface area contributed by atoms with Gasteiger partial charge in [-0.15, -0.1) is 0 Å². The Labute approximate surface area is 133 Å². The van der Waals surface area contributed by atoms with Gasteiger partial charge in [-0.3, -0.25) is 0 Å². The molecule has 0 radical (unpaired) electrons. The molecule has 1 N–H and O–H groups in total. The van der Waals surface area contributed by atoms with Crippen LogP contribution in [0.4, 0.5) is 4.39 Å². The minimum absolute atomic E-state index is 0.112. The predicted octanol–water partition coefficient (Wildman–Crippen LogP) is 5.31. The lowest BCUT2D eigenvalue weighted by Crippen LogP contribution is -2.18. The minimum atomic E-state index is -0.412. The van der Waals surface area contributed by atoms with Crippen LogP contribution >= 0.6 is 43.5 Å². The number of hydrogen-bond acceptors (Lipinski definition) is 1. The fraction of sp³-hybridized carbons (Fsp3) is 0.143. The molecule has 0 aliphatic rings. The van der Waals surface area contributed by atoms with Crippen LogP contribution in [0.1, 0.15) is 17.2 Å². The number of benzene rings is 2. The van der Waals surface area contributed by atoms with E-state index in [1.54, 1.807) is 6.07 Å². The first kappa shape index (κ1) is 15.0. The van der Waals surface area contributed by atoms with Crippen LogP contribution in [0.2, 0.25) is 5.02 Å². The maximum Gasteiger partial charge on any atom is 0.142 e. The summed E-state index contributed by atoms with van der Waals surface area (Å²) in [5.41, 5.74) is 1.85. The summed E-state index contributed by atoms with van der Waals surface area (Å²) in [6.45, 7) is 0. The van der Waals surface area contributed by atoms with Crippen molar-refractivity contribution in [1.29, 1.82) is 0 Å². The van der Waals surface area contributed by atoms with Gasteiger partial charge in [-0.05, 0) is 48.5 Å². The fourth-order valence-electron chi connectivity index (χ4n) is 1.93. The molecule has 1 atom stereocenters. The van der Waals surface area contributed by atoms with Crippen molar-refractivity contribution in [1.82, 2.24) is 5.32 Å². The summed E-state index contributed by atoms with van der Waals surface area (Å²) in [4.78, 5) is 0. The molecule has 0 spiro atoms. The molecule has 0 fully saturated rings. The quantitative estimate of drug-likeness (QED) is 0.727. The molecular weight excluding hydrogens is 396 g/mol. The van der Waals surface area contributed by atoms with Crippen LogP contribution < -0.4 is 5.32 Å². The average Bonchev–Trinajstić information content (AvgIpc) is 2.38. The molecule has 1 nitrogen and oxygen atoms in total. The van der Waals surface area contributed by atoms with Gasteiger partial charge < -0.3 is 5.32 Å². The lowest BCUT2D eigenvalue weighted by Gasteiger charge is -2.19. The van der Waals surface area contributed by atoms with Gasteiger partial charge in [0.15, 0.2) is 0 Å². The van der Waals surface area contributed by atoms with E-state index in [9.17, 15) is 4.39 Å². The third-order valence-electron chi connectivity index (χ3n) is 2.83. The second-order valence-corrected chi connectivity index (χ2v) is 6.24. The Hall–Kier alpha value is -0.420. The van der Waals surface area contributed by atoms with Gasteiger partial charge in [-0.1, -0.05) is 49.5 Å². The molecule has 0 heterocycles. The van der Waals surface area contributed by atoms with Gasteiger partial charge in [0.1, 0.15) is 5.82 Å². The van der Waals surface area contributed by atoms with E-state index in [1.807, 2.05) is 31.3 Å². The number of halogens is 4. The Bertz CT molecular complexity index is 604. The van der Waals surface area contributed by atoms with Crippen molar-refractivity contribution < 1.29 is 4.39 Å². The minimum Gasteiger partial charge on any atom is -0.309 e. The summed E-state index contributed by atoms with van der Waals surface area (Å²) in [5, 5.41) is 3.32. The monoisotopic (exact) mass is 405 g/mol. The highest BCUT2D eigenvalue weighted by atomic mass is 79.9. The predicted molar refractivity (Wildman–Crippen MR) is 84.2 cm³/mol. The Balaban J connectivity index is 2.49. The van der Waals surface area contributed by atoms with Crippen molar-refractivity contribution in [2.24, 2.45) is 0 Å². The highest BCUT2D eigenvalue weighted by Gasteiger charge is 2.16. The van der Waals surface area contributed by atoms with Crippen LogP contribution in [0.5, 0.6) is 0 Å². The first-order valence-electron chi connectivity index (χ1n) is 5.60. The van der Waals surface area contributed by atoms with Gasteiger partial charge >= 0.3 is 0 Å².